The lowest BCUT2D eigenvalue weighted by molar-refractivity contribution is 0.509. The molecule has 0 aliphatic rings. The summed E-state index contributed by atoms with van der Waals surface area (Å²) >= 11 is 0. The van der Waals surface area contributed by atoms with Crippen molar-refractivity contribution in [1.29, 1.82) is 5.26 Å². The lowest BCUT2D eigenvalue weighted by Crippen LogP contribution is -2.01. The summed E-state index contributed by atoms with van der Waals surface area (Å²) < 4.78 is 26.9. The minimum absolute atomic E-state index is 0.0542. The van der Waals surface area contributed by atoms with Crippen LogP contribution in [0.3, 0.4) is 0 Å². The monoisotopic (exact) mass is 221 g/mol. The van der Waals surface area contributed by atoms with Gasteiger partial charge in [0, 0.05) is 5.56 Å². The predicted octanol–water partition coefficient (Wildman–Crippen LogP) is 1.14. The summed E-state index contributed by atoms with van der Waals surface area (Å²) in [6, 6.07) is 5.17. The zero-order valence-corrected chi connectivity index (χ0v) is 7.93. The summed E-state index contributed by atoms with van der Waals surface area (Å²) in [4.78, 5) is 0. The van der Waals surface area contributed by atoms with Crippen LogP contribution in [0.25, 0.3) is 11.4 Å². The molecule has 2 rings (SSSR count). The van der Waals surface area contributed by atoms with Gasteiger partial charge in [0.1, 0.15) is 6.54 Å². The molecule has 5 nitrogen and oxygen atoms in total. The van der Waals surface area contributed by atoms with E-state index in [0.717, 1.165) is 12.1 Å². The average Bonchev–Trinajstić information content (AvgIpc) is 2.71. The van der Waals surface area contributed by atoms with Gasteiger partial charge in [-0.25, -0.2) is 13.5 Å². The zero-order valence-electron chi connectivity index (χ0n) is 7.93. The highest BCUT2D eigenvalue weighted by Crippen LogP contribution is 2.18. The summed E-state index contributed by atoms with van der Waals surface area (Å²) in [5, 5.41) is 19.1. The van der Waals surface area contributed by atoms with Gasteiger partial charge in [0.15, 0.2) is 17.5 Å². The van der Waals surface area contributed by atoms with E-state index < -0.39 is 11.6 Å². The van der Waals surface area contributed by atoms with E-state index in [-0.39, 0.29) is 12.4 Å². The van der Waals surface area contributed by atoms with Gasteiger partial charge in [-0.15, -0.1) is 5.10 Å². The first-order chi connectivity index (χ1) is 7.72. The van der Waals surface area contributed by atoms with Gasteiger partial charge in [-0.2, -0.15) is 5.26 Å². The third kappa shape index (κ3) is 1.72. The first-order valence-electron chi connectivity index (χ1n) is 4.31. The molecule has 0 aliphatic carbocycles. The third-order valence-electron chi connectivity index (χ3n) is 1.93. The second-order valence-electron chi connectivity index (χ2n) is 2.95. The van der Waals surface area contributed by atoms with Crippen LogP contribution in [-0.4, -0.2) is 20.2 Å². The molecule has 1 heterocycles. The lowest BCUT2D eigenvalue weighted by Gasteiger charge is -2.00. The fourth-order valence-electron chi connectivity index (χ4n) is 1.22. The molecule has 1 aromatic carbocycles. The Hall–Kier alpha value is -2.36. The van der Waals surface area contributed by atoms with Crippen LogP contribution >= 0.6 is 0 Å². The maximum Gasteiger partial charge on any atom is 0.183 e. The number of aromatic nitrogens is 4. The molecule has 0 amide bonds. The van der Waals surface area contributed by atoms with E-state index in [9.17, 15) is 8.78 Å². The van der Waals surface area contributed by atoms with E-state index in [0.29, 0.717) is 5.56 Å². The van der Waals surface area contributed by atoms with Crippen molar-refractivity contribution in [2.45, 2.75) is 6.54 Å². The quantitative estimate of drug-likeness (QED) is 0.762. The molecule has 0 atom stereocenters. The van der Waals surface area contributed by atoms with Gasteiger partial charge in [0.05, 0.1) is 6.07 Å². The van der Waals surface area contributed by atoms with Crippen molar-refractivity contribution < 1.29 is 8.78 Å². The Morgan fingerprint density at radius 3 is 2.81 bits per heavy atom. The van der Waals surface area contributed by atoms with E-state index in [1.54, 1.807) is 0 Å². The Labute approximate surface area is 88.9 Å². The van der Waals surface area contributed by atoms with Gasteiger partial charge < -0.3 is 0 Å². The molecule has 0 radical (unpaired) electrons. The van der Waals surface area contributed by atoms with E-state index >= 15 is 0 Å². The van der Waals surface area contributed by atoms with Gasteiger partial charge in [-0.3, -0.25) is 0 Å². The topological polar surface area (TPSA) is 67.4 Å². The summed E-state index contributed by atoms with van der Waals surface area (Å²) in [5.74, 6) is -1.70. The largest absolute Gasteiger partial charge is 0.211 e. The molecule has 1 aromatic heterocycles. The maximum absolute atomic E-state index is 13.0. The van der Waals surface area contributed by atoms with Crippen molar-refractivity contribution in [2.24, 2.45) is 0 Å². The van der Waals surface area contributed by atoms with Crippen LogP contribution in [-0.2, 0) is 6.54 Å². The molecule has 0 spiro atoms. The average molecular weight is 221 g/mol. The van der Waals surface area contributed by atoms with Gasteiger partial charge in [0.2, 0.25) is 0 Å². The number of nitrogens with zero attached hydrogens (tertiary/aromatic N) is 5. The van der Waals surface area contributed by atoms with Crippen LogP contribution in [0.4, 0.5) is 8.78 Å². The number of hydrogen-bond acceptors (Lipinski definition) is 4. The third-order valence-corrected chi connectivity index (χ3v) is 1.93. The minimum atomic E-state index is -0.982. The summed E-state index contributed by atoms with van der Waals surface area (Å²) in [7, 11) is 0. The Kier molecular flexibility index (Phi) is 2.55. The molecular weight excluding hydrogens is 216 g/mol. The van der Waals surface area contributed by atoms with E-state index in [2.05, 4.69) is 15.5 Å². The van der Waals surface area contributed by atoms with Crippen LogP contribution < -0.4 is 0 Å². The fourth-order valence-corrected chi connectivity index (χ4v) is 1.22. The molecule has 0 fully saturated rings. The Morgan fingerprint density at radius 1 is 1.31 bits per heavy atom. The number of tetrazole rings is 1. The van der Waals surface area contributed by atoms with Crippen LogP contribution in [0, 0.1) is 23.0 Å². The van der Waals surface area contributed by atoms with Gasteiger partial charge in [-0.1, -0.05) is 0 Å². The Balaban J connectivity index is 2.47. The number of benzene rings is 1. The first kappa shape index (κ1) is 10.2. The highest BCUT2D eigenvalue weighted by Gasteiger charge is 2.11. The predicted molar refractivity (Wildman–Crippen MR) is 48.8 cm³/mol. The van der Waals surface area contributed by atoms with Crippen molar-refractivity contribution >= 4 is 0 Å². The molecule has 7 heteroatoms. The molecule has 0 aliphatic heterocycles. The highest BCUT2D eigenvalue weighted by molar-refractivity contribution is 5.54. The van der Waals surface area contributed by atoms with Crippen LogP contribution in [0.2, 0.25) is 0 Å². The summed E-state index contributed by atoms with van der Waals surface area (Å²) in [6.45, 7) is -0.0542. The number of halogens is 2. The van der Waals surface area contributed by atoms with Gasteiger partial charge in [-0.05, 0) is 28.6 Å². The highest BCUT2D eigenvalue weighted by atomic mass is 19.2. The first-order valence-corrected chi connectivity index (χ1v) is 4.31. The summed E-state index contributed by atoms with van der Waals surface area (Å²) in [5.41, 5.74) is 0.319. The van der Waals surface area contributed by atoms with Crippen molar-refractivity contribution in [3.63, 3.8) is 0 Å². The minimum Gasteiger partial charge on any atom is -0.211 e. The molecule has 0 saturated carbocycles. The van der Waals surface area contributed by atoms with Crippen molar-refractivity contribution in [3.8, 4) is 17.5 Å². The Morgan fingerprint density at radius 2 is 2.12 bits per heavy atom. The molecule has 0 unspecified atom stereocenters. The van der Waals surface area contributed by atoms with Gasteiger partial charge in [0.25, 0.3) is 0 Å². The van der Waals surface area contributed by atoms with Crippen molar-refractivity contribution in [3.05, 3.63) is 29.8 Å². The Bertz CT molecular complexity index is 557. The molecule has 16 heavy (non-hydrogen) atoms. The summed E-state index contributed by atoms with van der Waals surface area (Å²) in [6.07, 6.45) is 0. The second-order valence-corrected chi connectivity index (χ2v) is 2.95. The molecular formula is C9H5F2N5. The zero-order chi connectivity index (χ0) is 11.5. The molecule has 0 bridgehead atoms. The smallest absolute Gasteiger partial charge is 0.183 e. The molecule has 0 saturated heterocycles. The van der Waals surface area contributed by atoms with Gasteiger partial charge >= 0.3 is 0 Å². The molecule has 80 valence electrons. The SMILES string of the molecule is N#CCn1nnnc1-c1ccc(F)c(F)c1. The number of hydrogen-bond donors (Lipinski definition) is 0. The second kappa shape index (κ2) is 4.02. The van der Waals surface area contributed by atoms with Crippen LogP contribution in [0.5, 0.6) is 0 Å². The van der Waals surface area contributed by atoms with E-state index in [4.69, 9.17) is 5.26 Å². The molecule has 0 N–H and O–H groups in total. The lowest BCUT2D eigenvalue weighted by atomic mass is 10.2. The standard InChI is InChI=1S/C9H5F2N5/c10-7-2-1-6(5-8(7)11)9-13-14-15-16(9)4-3-12/h1-2,5H,4H2. The number of rotatable bonds is 2. The van der Waals surface area contributed by atoms with Crippen molar-refractivity contribution in [1.82, 2.24) is 20.2 Å². The normalized spacial score (nSPS) is 10.1. The van der Waals surface area contributed by atoms with Crippen LogP contribution in [0.15, 0.2) is 18.2 Å². The fraction of sp³-hybridized carbons (Fsp3) is 0.111. The molecule has 2 aromatic rings. The van der Waals surface area contributed by atoms with E-state index in [1.165, 1.54) is 10.7 Å². The van der Waals surface area contributed by atoms with Crippen molar-refractivity contribution in [2.75, 3.05) is 0 Å². The maximum atomic E-state index is 13.0. The van der Waals surface area contributed by atoms with E-state index in [1.807, 2.05) is 6.07 Å². The number of nitriles is 1. The van der Waals surface area contributed by atoms with Crippen LogP contribution in [0.1, 0.15) is 0 Å².